The second-order valence-corrected chi connectivity index (χ2v) is 3.14. The molecule has 1 N–H and O–H groups in total. The average molecular weight is 177 g/mol. The van der Waals surface area contributed by atoms with Crippen LogP contribution in [-0.4, -0.2) is 10.2 Å². The Morgan fingerprint density at radius 1 is 1.58 bits per heavy atom. The SMILES string of the molecule is C=CC1=Cc2nnccc2SN1. The summed E-state index contributed by atoms with van der Waals surface area (Å²) in [4.78, 5) is 1.09. The molecule has 1 aromatic heterocycles. The van der Waals surface area contributed by atoms with E-state index in [-0.39, 0.29) is 0 Å². The highest BCUT2D eigenvalue weighted by Crippen LogP contribution is 2.25. The van der Waals surface area contributed by atoms with Gasteiger partial charge in [0.05, 0.1) is 11.1 Å². The first kappa shape index (κ1) is 7.36. The van der Waals surface area contributed by atoms with Crippen molar-refractivity contribution >= 4 is 18.0 Å². The number of fused-ring (bicyclic) bond motifs is 1. The van der Waals surface area contributed by atoms with E-state index in [1.807, 2.05) is 12.1 Å². The van der Waals surface area contributed by atoms with Crippen LogP contribution in [0.1, 0.15) is 5.69 Å². The quantitative estimate of drug-likeness (QED) is 0.661. The summed E-state index contributed by atoms with van der Waals surface area (Å²) in [6, 6.07) is 1.93. The van der Waals surface area contributed by atoms with Gasteiger partial charge < -0.3 is 4.72 Å². The molecule has 4 heteroatoms. The summed E-state index contributed by atoms with van der Waals surface area (Å²) in [5.41, 5.74) is 1.86. The minimum absolute atomic E-state index is 0.899. The van der Waals surface area contributed by atoms with Crippen LogP contribution in [0.5, 0.6) is 0 Å². The molecule has 0 fully saturated rings. The number of hydrogen-bond donors (Lipinski definition) is 1. The van der Waals surface area contributed by atoms with E-state index in [1.54, 1.807) is 12.3 Å². The minimum atomic E-state index is 0.899. The highest BCUT2D eigenvalue weighted by molar-refractivity contribution is 7.97. The van der Waals surface area contributed by atoms with E-state index in [2.05, 4.69) is 21.5 Å². The first-order valence-electron chi connectivity index (χ1n) is 3.49. The van der Waals surface area contributed by atoms with E-state index in [1.165, 1.54) is 11.9 Å². The van der Waals surface area contributed by atoms with Gasteiger partial charge in [0, 0.05) is 5.70 Å². The Morgan fingerprint density at radius 3 is 3.33 bits per heavy atom. The van der Waals surface area contributed by atoms with Crippen molar-refractivity contribution in [2.75, 3.05) is 0 Å². The van der Waals surface area contributed by atoms with Crippen molar-refractivity contribution in [2.24, 2.45) is 0 Å². The maximum Gasteiger partial charge on any atom is 0.103 e. The summed E-state index contributed by atoms with van der Waals surface area (Å²) in [7, 11) is 0. The Kier molecular flexibility index (Phi) is 1.83. The zero-order valence-corrected chi connectivity index (χ0v) is 7.14. The third-order valence-electron chi connectivity index (χ3n) is 1.50. The van der Waals surface area contributed by atoms with Crippen molar-refractivity contribution in [3.63, 3.8) is 0 Å². The van der Waals surface area contributed by atoms with Gasteiger partial charge in [-0.15, -0.1) is 5.10 Å². The fourth-order valence-electron chi connectivity index (χ4n) is 0.909. The summed E-state index contributed by atoms with van der Waals surface area (Å²) in [6.45, 7) is 3.66. The van der Waals surface area contributed by atoms with Gasteiger partial charge in [0.2, 0.25) is 0 Å². The zero-order valence-electron chi connectivity index (χ0n) is 6.32. The Morgan fingerprint density at radius 2 is 2.50 bits per heavy atom. The topological polar surface area (TPSA) is 37.8 Å². The molecular formula is C8H7N3S. The monoisotopic (exact) mass is 177 g/mol. The molecule has 0 atom stereocenters. The summed E-state index contributed by atoms with van der Waals surface area (Å²) in [5, 5.41) is 7.78. The maximum absolute atomic E-state index is 3.98. The van der Waals surface area contributed by atoms with Gasteiger partial charge in [-0.05, 0) is 30.2 Å². The van der Waals surface area contributed by atoms with Gasteiger partial charge in [0.25, 0.3) is 0 Å². The molecule has 3 nitrogen and oxygen atoms in total. The van der Waals surface area contributed by atoms with Crippen LogP contribution in [0.4, 0.5) is 0 Å². The van der Waals surface area contributed by atoms with Crippen molar-refractivity contribution in [3.05, 3.63) is 36.3 Å². The lowest BCUT2D eigenvalue weighted by molar-refractivity contribution is 0.971. The van der Waals surface area contributed by atoms with Gasteiger partial charge in [-0.25, -0.2) is 0 Å². The fraction of sp³-hybridized carbons (Fsp3) is 0. The predicted molar refractivity (Wildman–Crippen MR) is 49.2 cm³/mol. The van der Waals surface area contributed by atoms with E-state index in [0.29, 0.717) is 0 Å². The molecule has 12 heavy (non-hydrogen) atoms. The number of aromatic nitrogens is 2. The summed E-state index contributed by atoms with van der Waals surface area (Å²) < 4.78 is 3.12. The molecule has 0 bridgehead atoms. The van der Waals surface area contributed by atoms with Crippen LogP contribution in [0.3, 0.4) is 0 Å². The molecule has 2 rings (SSSR count). The lowest BCUT2D eigenvalue weighted by atomic mass is 10.3. The van der Waals surface area contributed by atoms with Crippen LogP contribution < -0.4 is 4.72 Å². The highest BCUT2D eigenvalue weighted by atomic mass is 32.2. The molecular weight excluding hydrogens is 170 g/mol. The van der Waals surface area contributed by atoms with Crippen LogP contribution in [0, 0.1) is 0 Å². The summed E-state index contributed by atoms with van der Waals surface area (Å²) in [5.74, 6) is 0. The molecule has 0 saturated carbocycles. The van der Waals surface area contributed by atoms with Gasteiger partial charge >= 0.3 is 0 Å². The molecule has 1 aliphatic heterocycles. The molecule has 60 valence electrons. The van der Waals surface area contributed by atoms with E-state index in [9.17, 15) is 0 Å². The average Bonchev–Trinajstić information content (AvgIpc) is 2.17. The van der Waals surface area contributed by atoms with Gasteiger partial charge in [-0.1, -0.05) is 6.58 Å². The lowest BCUT2D eigenvalue weighted by Crippen LogP contribution is -2.07. The Balaban J connectivity index is 2.47. The second-order valence-electron chi connectivity index (χ2n) is 2.29. The second kappa shape index (κ2) is 2.98. The lowest BCUT2D eigenvalue weighted by Gasteiger charge is -2.12. The third kappa shape index (κ3) is 1.21. The van der Waals surface area contributed by atoms with Crippen molar-refractivity contribution < 1.29 is 0 Å². The molecule has 0 aromatic carbocycles. The number of nitrogens with zero attached hydrogens (tertiary/aromatic N) is 2. The van der Waals surface area contributed by atoms with Crippen LogP contribution in [-0.2, 0) is 0 Å². The number of allylic oxidation sites excluding steroid dienone is 1. The molecule has 0 unspecified atom stereocenters. The standard InChI is InChI=1S/C8H7N3S/c1-2-6-5-7-8(12-11-6)3-4-9-10-7/h2-5,11H,1H2. The van der Waals surface area contributed by atoms with Gasteiger partial charge in [-0.2, -0.15) is 5.10 Å². The molecule has 0 saturated heterocycles. The maximum atomic E-state index is 3.98. The summed E-state index contributed by atoms with van der Waals surface area (Å²) in [6.07, 6.45) is 5.36. The van der Waals surface area contributed by atoms with Gasteiger partial charge in [-0.3, -0.25) is 0 Å². The van der Waals surface area contributed by atoms with Crippen LogP contribution in [0.25, 0.3) is 6.08 Å². The van der Waals surface area contributed by atoms with Crippen molar-refractivity contribution in [3.8, 4) is 0 Å². The van der Waals surface area contributed by atoms with Gasteiger partial charge in [0.1, 0.15) is 5.69 Å². The number of nitrogens with one attached hydrogen (secondary N) is 1. The Hall–Kier alpha value is -1.29. The number of hydrogen-bond acceptors (Lipinski definition) is 4. The van der Waals surface area contributed by atoms with E-state index in [4.69, 9.17) is 0 Å². The Bertz CT molecular complexity index is 346. The smallest absolute Gasteiger partial charge is 0.103 e. The zero-order chi connectivity index (χ0) is 8.39. The van der Waals surface area contributed by atoms with E-state index >= 15 is 0 Å². The van der Waals surface area contributed by atoms with Gasteiger partial charge in [0.15, 0.2) is 0 Å². The molecule has 2 heterocycles. The van der Waals surface area contributed by atoms with Crippen LogP contribution in [0.2, 0.25) is 0 Å². The Labute approximate surface area is 74.7 Å². The largest absolute Gasteiger partial charge is 0.326 e. The fourth-order valence-corrected chi connectivity index (χ4v) is 1.61. The predicted octanol–water partition coefficient (Wildman–Crippen LogP) is 1.61. The van der Waals surface area contributed by atoms with Crippen molar-refractivity contribution in [1.82, 2.24) is 14.9 Å². The molecule has 0 spiro atoms. The molecule has 0 amide bonds. The first-order chi connectivity index (χ1) is 5.90. The van der Waals surface area contributed by atoms with Crippen molar-refractivity contribution in [1.29, 1.82) is 0 Å². The number of rotatable bonds is 1. The van der Waals surface area contributed by atoms with E-state index in [0.717, 1.165) is 16.3 Å². The molecule has 0 radical (unpaired) electrons. The van der Waals surface area contributed by atoms with Crippen LogP contribution >= 0.6 is 11.9 Å². The van der Waals surface area contributed by atoms with Crippen molar-refractivity contribution in [2.45, 2.75) is 4.90 Å². The summed E-state index contributed by atoms with van der Waals surface area (Å²) >= 11 is 1.53. The molecule has 1 aromatic rings. The first-order valence-corrected chi connectivity index (χ1v) is 4.30. The van der Waals surface area contributed by atoms with E-state index < -0.39 is 0 Å². The molecule has 0 aliphatic carbocycles. The third-order valence-corrected chi connectivity index (χ3v) is 2.40. The normalized spacial score (nSPS) is 14.2. The molecule has 1 aliphatic rings. The highest BCUT2D eigenvalue weighted by Gasteiger charge is 2.08. The minimum Gasteiger partial charge on any atom is -0.326 e. The van der Waals surface area contributed by atoms with Crippen LogP contribution in [0.15, 0.2) is 35.5 Å².